The topological polar surface area (TPSA) is 53.8 Å². The van der Waals surface area contributed by atoms with E-state index in [-0.39, 0.29) is 23.9 Å². The van der Waals surface area contributed by atoms with Gasteiger partial charge in [0, 0.05) is 18.3 Å². The molecule has 2 aromatic rings. The van der Waals surface area contributed by atoms with Crippen molar-refractivity contribution in [1.82, 2.24) is 4.90 Å². The predicted octanol–water partition coefficient (Wildman–Crippen LogP) is 2.67. The van der Waals surface area contributed by atoms with Crippen LogP contribution in [0.15, 0.2) is 33.6 Å². The van der Waals surface area contributed by atoms with Crippen LogP contribution in [-0.4, -0.2) is 35.3 Å². The Morgan fingerprint density at radius 1 is 1.36 bits per heavy atom. The van der Waals surface area contributed by atoms with Crippen molar-refractivity contribution < 1.29 is 14.0 Å². The molecule has 22 heavy (non-hydrogen) atoms. The molecule has 0 radical (unpaired) electrons. The van der Waals surface area contributed by atoms with Crippen molar-refractivity contribution >= 4 is 28.8 Å². The van der Waals surface area contributed by atoms with Crippen LogP contribution in [0.25, 0.3) is 0 Å². The van der Waals surface area contributed by atoms with E-state index in [1.807, 2.05) is 26.6 Å². The molecule has 0 unspecified atom stereocenters. The van der Waals surface area contributed by atoms with E-state index in [1.54, 1.807) is 24.3 Å². The number of carbonyl (C=O) groups is 2. The third-order valence-electron chi connectivity index (χ3n) is 4.63. The molecule has 2 aliphatic heterocycles. The number of hydrogen-bond acceptors (Lipinski definition) is 4. The number of fused-ring (bicyclic) bond motifs is 1. The molecule has 2 atom stereocenters. The van der Waals surface area contributed by atoms with Gasteiger partial charge in [-0.2, -0.15) is 11.3 Å². The number of likely N-dealkylation sites (tertiary alicyclic amines) is 1. The fourth-order valence-electron chi connectivity index (χ4n) is 3.59. The molecule has 0 spiro atoms. The van der Waals surface area contributed by atoms with Gasteiger partial charge in [-0.25, -0.2) is 0 Å². The van der Waals surface area contributed by atoms with Crippen LogP contribution in [-0.2, 0) is 4.79 Å². The summed E-state index contributed by atoms with van der Waals surface area (Å²) >= 11 is 1.58. The minimum absolute atomic E-state index is 0.0290. The molecule has 0 aliphatic carbocycles. The summed E-state index contributed by atoms with van der Waals surface area (Å²) in [4.78, 5) is 28.8. The summed E-state index contributed by atoms with van der Waals surface area (Å²) in [6, 6.07) is 3.74. The fourth-order valence-corrected chi connectivity index (χ4v) is 4.22. The number of amides is 2. The van der Waals surface area contributed by atoms with Gasteiger partial charge in [0.15, 0.2) is 0 Å². The summed E-state index contributed by atoms with van der Waals surface area (Å²) in [6.45, 7) is 2.48. The molecule has 114 valence electrons. The summed E-state index contributed by atoms with van der Waals surface area (Å²) in [5.41, 5.74) is 1.55. The smallest absolute Gasteiger partial charge is 0.257 e. The zero-order chi connectivity index (χ0) is 15.3. The highest BCUT2D eigenvalue weighted by Crippen LogP contribution is 2.37. The minimum Gasteiger partial charge on any atom is -0.469 e. The Morgan fingerprint density at radius 2 is 2.23 bits per heavy atom. The number of hydrogen-bond donors (Lipinski definition) is 0. The molecule has 2 saturated heterocycles. The van der Waals surface area contributed by atoms with Crippen molar-refractivity contribution in [2.75, 3.05) is 11.4 Å². The highest BCUT2D eigenvalue weighted by Gasteiger charge is 2.49. The van der Waals surface area contributed by atoms with E-state index < -0.39 is 0 Å². The first-order chi connectivity index (χ1) is 10.7. The molecule has 6 heteroatoms. The fraction of sp³-hybridized carbons (Fsp3) is 0.375. The van der Waals surface area contributed by atoms with E-state index in [0.29, 0.717) is 24.3 Å². The van der Waals surface area contributed by atoms with Gasteiger partial charge in [0.1, 0.15) is 5.76 Å². The number of thiophene rings is 1. The number of rotatable bonds is 2. The van der Waals surface area contributed by atoms with Crippen LogP contribution >= 0.6 is 11.3 Å². The zero-order valence-electron chi connectivity index (χ0n) is 12.2. The Hall–Kier alpha value is -2.08. The standard InChI is InChI=1S/C16H16N2O3S/c1-10-12(3-6-21-10)16(20)17-5-2-13-14(17)8-15(19)18(13)11-4-7-22-9-11/h3-4,6-7,9,13-14H,2,5,8H2,1H3/t13-,14+/m0/s1. The maximum absolute atomic E-state index is 12.7. The lowest BCUT2D eigenvalue weighted by atomic mass is 10.1. The molecular weight excluding hydrogens is 300 g/mol. The first-order valence-corrected chi connectivity index (χ1v) is 8.30. The molecule has 4 heterocycles. The van der Waals surface area contributed by atoms with Crippen molar-refractivity contribution in [2.24, 2.45) is 0 Å². The SMILES string of the molecule is Cc1occc1C(=O)N1CC[C@H]2[C@H]1CC(=O)N2c1ccsc1. The van der Waals surface area contributed by atoms with Gasteiger partial charge in [0.05, 0.1) is 29.6 Å². The van der Waals surface area contributed by atoms with E-state index in [0.717, 1.165) is 12.1 Å². The van der Waals surface area contributed by atoms with Crippen molar-refractivity contribution in [2.45, 2.75) is 31.8 Å². The zero-order valence-corrected chi connectivity index (χ0v) is 13.0. The Bertz CT molecular complexity index is 722. The van der Waals surface area contributed by atoms with Crippen LogP contribution in [0.3, 0.4) is 0 Å². The van der Waals surface area contributed by atoms with Crippen molar-refractivity contribution in [1.29, 1.82) is 0 Å². The molecule has 2 aromatic heterocycles. The van der Waals surface area contributed by atoms with Crippen LogP contribution in [0, 0.1) is 6.92 Å². The molecule has 0 N–H and O–H groups in total. The molecule has 2 aliphatic rings. The normalized spacial score (nSPS) is 24.1. The van der Waals surface area contributed by atoms with Gasteiger partial charge in [-0.1, -0.05) is 0 Å². The van der Waals surface area contributed by atoms with Crippen molar-refractivity contribution in [3.05, 3.63) is 40.5 Å². The Balaban J connectivity index is 1.61. The van der Waals surface area contributed by atoms with Gasteiger partial charge in [-0.15, -0.1) is 0 Å². The average Bonchev–Trinajstić information content (AvgIpc) is 3.22. The lowest BCUT2D eigenvalue weighted by Crippen LogP contribution is -2.40. The van der Waals surface area contributed by atoms with E-state index in [9.17, 15) is 9.59 Å². The Labute approximate surface area is 132 Å². The molecule has 0 aromatic carbocycles. The summed E-state index contributed by atoms with van der Waals surface area (Å²) in [5, 5.41) is 3.97. The first kappa shape index (κ1) is 13.6. The van der Waals surface area contributed by atoms with Crippen LogP contribution < -0.4 is 4.90 Å². The predicted molar refractivity (Wildman–Crippen MR) is 83.1 cm³/mol. The van der Waals surface area contributed by atoms with Gasteiger partial charge in [-0.3, -0.25) is 9.59 Å². The van der Waals surface area contributed by atoms with Crippen molar-refractivity contribution in [3.8, 4) is 0 Å². The van der Waals surface area contributed by atoms with Gasteiger partial charge in [0.2, 0.25) is 5.91 Å². The quantitative estimate of drug-likeness (QED) is 0.856. The van der Waals surface area contributed by atoms with Crippen LogP contribution in [0.1, 0.15) is 29.0 Å². The van der Waals surface area contributed by atoms with Gasteiger partial charge in [-0.05, 0) is 30.9 Å². The Morgan fingerprint density at radius 3 is 2.91 bits per heavy atom. The first-order valence-electron chi connectivity index (χ1n) is 7.36. The second kappa shape index (κ2) is 4.98. The lowest BCUT2D eigenvalue weighted by Gasteiger charge is -2.24. The van der Waals surface area contributed by atoms with Crippen molar-refractivity contribution in [3.63, 3.8) is 0 Å². The molecule has 2 fully saturated rings. The number of aryl methyl sites for hydroxylation is 1. The average molecular weight is 316 g/mol. The molecule has 5 nitrogen and oxygen atoms in total. The second-order valence-electron chi connectivity index (χ2n) is 5.76. The van der Waals surface area contributed by atoms with Gasteiger partial charge >= 0.3 is 0 Å². The van der Waals surface area contributed by atoms with E-state index >= 15 is 0 Å². The van der Waals surface area contributed by atoms with Crippen LogP contribution in [0.2, 0.25) is 0 Å². The van der Waals surface area contributed by atoms with E-state index in [1.165, 1.54) is 6.26 Å². The second-order valence-corrected chi connectivity index (χ2v) is 6.54. The molecular formula is C16H16N2O3S. The molecule has 2 amide bonds. The monoisotopic (exact) mass is 316 g/mol. The lowest BCUT2D eigenvalue weighted by molar-refractivity contribution is -0.117. The summed E-state index contributed by atoms with van der Waals surface area (Å²) in [7, 11) is 0. The van der Waals surface area contributed by atoms with Gasteiger partial charge in [0.25, 0.3) is 5.91 Å². The van der Waals surface area contributed by atoms with Crippen LogP contribution in [0.5, 0.6) is 0 Å². The molecule has 0 bridgehead atoms. The third kappa shape index (κ3) is 1.90. The highest BCUT2D eigenvalue weighted by molar-refractivity contribution is 7.08. The third-order valence-corrected chi connectivity index (χ3v) is 5.30. The number of furan rings is 1. The summed E-state index contributed by atoms with van der Waals surface area (Å²) in [5.74, 6) is 0.709. The highest BCUT2D eigenvalue weighted by atomic mass is 32.1. The molecule has 4 rings (SSSR count). The Kier molecular flexibility index (Phi) is 3.07. The number of carbonyl (C=O) groups excluding carboxylic acids is 2. The number of anilines is 1. The summed E-state index contributed by atoms with van der Waals surface area (Å²) < 4.78 is 5.23. The maximum atomic E-state index is 12.7. The number of nitrogens with zero attached hydrogens (tertiary/aromatic N) is 2. The minimum atomic E-state index is -0.0331. The molecule has 0 saturated carbocycles. The largest absolute Gasteiger partial charge is 0.469 e. The van der Waals surface area contributed by atoms with E-state index in [2.05, 4.69) is 0 Å². The van der Waals surface area contributed by atoms with Crippen LogP contribution in [0.4, 0.5) is 5.69 Å². The maximum Gasteiger partial charge on any atom is 0.257 e. The van der Waals surface area contributed by atoms with Gasteiger partial charge < -0.3 is 14.2 Å². The van der Waals surface area contributed by atoms with E-state index in [4.69, 9.17) is 4.42 Å². The summed E-state index contributed by atoms with van der Waals surface area (Å²) in [6.07, 6.45) is 2.77.